The number of ether oxygens (including phenoxy) is 1. The summed E-state index contributed by atoms with van der Waals surface area (Å²) in [6, 6.07) is 1.94. The lowest BCUT2D eigenvalue weighted by atomic mass is 10.3. The molecule has 0 radical (unpaired) electrons. The molecule has 1 rings (SSSR count). The van der Waals surface area contributed by atoms with Gasteiger partial charge in [0, 0.05) is 6.08 Å². The van der Waals surface area contributed by atoms with Crippen LogP contribution in [0.4, 0.5) is 0 Å². The van der Waals surface area contributed by atoms with Gasteiger partial charge in [0.15, 0.2) is 0 Å². The first kappa shape index (κ1) is 10.9. The zero-order valence-corrected chi connectivity index (χ0v) is 9.08. The summed E-state index contributed by atoms with van der Waals surface area (Å²) in [6.45, 7) is 0.312. The smallest absolute Gasteiger partial charge is 0.332 e. The maximum atomic E-state index is 11.1. The van der Waals surface area contributed by atoms with E-state index in [-0.39, 0.29) is 5.97 Å². The lowest BCUT2D eigenvalue weighted by Gasteiger charge is -2.07. The van der Waals surface area contributed by atoms with Gasteiger partial charge in [0.05, 0.1) is 0 Å². The van der Waals surface area contributed by atoms with Crippen molar-refractivity contribution in [3.8, 4) is 0 Å². The van der Waals surface area contributed by atoms with Crippen LogP contribution in [0.2, 0.25) is 0 Å². The summed E-state index contributed by atoms with van der Waals surface area (Å²) in [5.74, 6) is -0.315. The quantitative estimate of drug-likeness (QED) is 0.432. The minimum absolute atomic E-state index is 0.312. The fourth-order valence-electron chi connectivity index (χ4n) is 0.775. The predicted molar refractivity (Wildman–Crippen MR) is 58.0 cm³/mol. The van der Waals surface area contributed by atoms with Gasteiger partial charge in [-0.15, -0.1) is 0 Å². The van der Waals surface area contributed by atoms with Crippen molar-refractivity contribution in [2.45, 2.75) is 0 Å². The van der Waals surface area contributed by atoms with Crippen LogP contribution in [0.15, 0.2) is 22.9 Å². The Balaban J connectivity index is 2.34. The molecule has 14 heavy (non-hydrogen) atoms. The predicted octanol–water partition coefficient (Wildman–Crippen LogP) is 1.82. The van der Waals surface area contributed by atoms with Gasteiger partial charge < -0.3 is 4.74 Å². The molecule has 0 aromatic carbocycles. The van der Waals surface area contributed by atoms with Crippen LogP contribution in [0.5, 0.6) is 0 Å². The Morgan fingerprint density at radius 2 is 2.43 bits per heavy atom. The molecule has 1 aromatic rings. The van der Waals surface area contributed by atoms with Gasteiger partial charge in [-0.2, -0.15) is 11.3 Å². The van der Waals surface area contributed by atoms with Crippen LogP contribution < -0.4 is 0 Å². The molecule has 0 fully saturated rings. The molecule has 0 aliphatic rings. The highest BCUT2D eigenvalue weighted by Crippen LogP contribution is 2.07. The second-order valence-electron chi connectivity index (χ2n) is 3.06. The molecule has 1 aromatic heterocycles. The maximum Gasteiger partial charge on any atom is 0.332 e. The minimum Gasteiger partial charge on any atom is -0.446 e. The first-order valence-electron chi connectivity index (χ1n) is 4.20. The molecule has 0 saturated heterocycles. The molecule has 76 valence electrons. The van der Waals surface area contributed by atoms with Crippen molar-refractivity contribution in [2.24, 2.45) is 0 Å². The van der Waals surface area contributed by atoms with Gasteiger partial charge >= 0.3 is 5.97 Å². The fourth-order valence-corrected chi connectivity index (χ4v) is 1.40. The zero-order chi connectivity index (χ0) is 10.4. The second kappa shape index (κ2) is 5.57. The molecule has 0 N–H and O–H groups in total. The number of rotatable bonds is 4. The second-order valence-corrected chi connectivity index (χ2v) is 3.84. The van der Waals surface area contributed by atoms with Crippen molar-refractivity contribution in [3.63, 3.8) is 0 Å². The van der Waals surface area contributed by atoms with Gasteiger partial charge in [0.25, 0.3) is 0 Å². The summed E-state index contributed by atoms with van der Waals surface area (Å²) in [5.41, 5.74) is 1.02. The molecule has 3 nitrogen and oxygen atoms in total. The summed E-state index contributed by atoms with van der Waals surface area (Å²) in [6.07, 6.45) is 3.18. The fraction of sp³-hybridized carbons (Fsp3) is 0.300. The van der Waals surface area contributed by atoms with E-state index in [9.17, 15) is 4.79 Å². The Kier molecular flexibility index (Phi) is 4.35. The van der Waals surface area contributed by atoms with Crippen LogP contribution in [-0.2, 0) is 9.53 Å². The maximum absolute atomic E-state index is 11.1. The van der Waals surface area contributed by atoms with E-state index in [0.29, 0.717) is 6.73 Å². The number of carbonyl (C=O) groups excluding carboxylic acids is 1. The van der Waals surface area contributed by atoms with E-state index < -0.39 is 0 Å². The molecule has 0 spiro atoms. The van der Waals surface area contributed by atoms with Crippen LogP contribution in [0, 0.1) is 0 Å². The van der Waals surface area contributed by atoms with E-state index in [1.54, 1.807) is 22.3 Å². The van der Waals surface area contributed by atoms with Gasteiger partial charge in [-0.25, -0.2) is 4.79 Å². The highest BCUT2D eigenvalue weighted by atomic mass is 32.1. The number of nitrogens with zero attached hydrogens (tertiary/aromatic N) is 1. The molecular formula is C10H13NO2S. The highest BCUT2D eigenvalue weighted by Gasteiger charge is 1.97. The minimum atomic E-state index is -0.315. The number of hydrogen-bond donors (Lipinski definition) is 0. The monoisotopic (exact) mass is 211 g/mol. The molecule has 0 unspecified atom stereocenters. The average molecular weight is 211 g/mol. The van der Waals surface area contributed by atoms with E-state index in [0.717, 1.165) is 5.56 Å². The molecule has 0 amide bonds. The van der Waals surface area contributed by atoms with E-state index in [1.807, 2.05) is 30.9 Å². The lowest BCUT2D eigenvalue weighted by molar-refractivity contribution is -0.141. The lowest BCUT2D eigenvalue weighted by Crippen LogP contribution is -2.18. The van der Waals surface area contributed by atoms with E-state index in [2.05, 4.69) is 0 Å². The van der Waals surface area contributed by atoms with Gasteiger partial charge in [-0.3, -0.25) is 4.90 Å². The van der Waals surface area contributed by atoms with E-state index in [1.165, 1.54) is 6.08 Å². The van der Waals surface area contributed by atoms with Crippen molar-refractivity contribution < 1.29 is 9.53 Å². The summed E-state index contributed by atoms with van der Waals surface area (Å²) in [5, 5.41) is 3.93. The molecule has 0 atom stereocenters. The van der Waals surface area contributed by atoms with Gasteiger partial charge in [0.2, 0.25) is 0 Å². The summed E-state index contributed by atoms with van der Waals surface area (Å²) < 4.78 is 4.91. The van der Waals surface area contributed by atoms with Gasteiger partial charge in [0.1, 0.15) is 6.73 Å². The average Bonchev–Trinajstić information content (AvgIpc) is 2.63. The zero-order valence-electron chi connectivity index (χ0n) is 8.27. The normalized spacial score (nSPS) is 11.1. The number of thiophene rings is 1. The number of esters is 1. The molecule has 0 bridgehead atoms. The van der Waals surface area contributed by atoms with Crippen LogP contribution >= 0.6 is 11.3 Å². The highest BCUT2D eigenvalue weighted by molar-refractivity contribution is 7.08. The van der Waals surface area contributed by atoms with Crippen molar-refractivity contribution in [3.05, 3.63) is 28.5 Å². The Morgan fingerprint density at radius 3 is 3.00 bits per heavy atom. The standard InChI is InChI=1S/C10H13NO2S/c1-11(2)8-13-10(12)4-3-9-5-6-14-7-9/h3-7H,8H2,1-2H3/b4-3+. The molecule has 0 saturated carbocycles. The van der Waals surface area contributed by atoms with Gasteiger partial charge in [-0.1, -0.05) is 0 Å². The summed E-state index contributed by atoms with van der Waals surface area (Å²) in [7, 11) is 3.69. The number of carbonyl (C=O) groups is 1. The van der Waals surface area contributed by atoms with Crippen molar-refractivity contribution in [1.29, 1.82) is 0 Å². The van der Waals surface area contributed by atoms with Crippen molar-refractivity contribution >= 4 is 23.4 Å². The third-order valence-electron chi connectivity index (χ3n) is 1.42. The third kappa shape index (κ3) is 4.20. The topological polar surface area (TPSA) is 29.5 Å². The Hall–Kier alpha value is -1.13. The SMILES string of the molecule is CN(C)COC(=O)/C=C/c1ccsc1. The first-order chi connectivity index (χ1) is 6.68. The Morgan fingerprint density at radius 1 is 1.64 bits per heavy atom. The number of hydrogen-bond acceptors (Lipinski definition) is 4. The Labute approximate surface area is 87.6 Å². The summed E-state index contributed by atoms with van der Waals surface area (Å²) in [4.78, 5) is 12.9. The molecule has 0 aliphatic heterocycles. The Bertz CT molecular complexity index is 304. The van der Waals surface area contributed by atoms with Gasteiger partial charge in [-0.05, 0) is 42.6 Å². The van der Waals surface area contributed by atoms with Crippen molar-refractivity contribution in [1.82, 2.24) is 4.90 Å². The van der Waals surface area contributed by atoms with E-state index in [4.69, 9.17) is 4.74 Å². The first-order valence-corrected chi connectivity index (χ1v) is 5.14. The van der Waals surface area contributed by atoms with Crippen LogP contribution in [-0.4, -0.2) is 31.7 Å². The summed E-state index contributed by atoms with van der Waals surface area (Å²) >= 11 is 1.60. The third-order valence-corrected chi connectivity index (χ3v) is 2.12. The van der Waals surface area contributed by atoms with Crippen molar-refractivity contribution in [2.75, 3.05) is 20.8 Å². The van der Waals surface area contributed by atoms with E-state index >= 15 is 0 Å². The van der Waals surface area contributed by atoms with Crippen LogP contribution in [0.3, 0.4) is 0 Å². The van der Waals surface area contributed by atoms with Crippen LogP contribution in [0.1, 0.15) is 5.56 Å². The molecule has 1 heterocycles. The largest absolute Gasteiger partial charge is 0.446 e. The molecule has 4 heteroatoms. The molecular weight excluding hydrogens is 198 g/mol. The molecule has 0 aliphatic carbocycles. The van der Waals surface area contributed by atoms with Crippen LogP contribution in [0.25, 0.3) is 6.08 Å².